The molecule has 2 aromatic rings. The number of hydrogen-bond acceptors (Lipinski definition) is 8. The van der Waals surface area contributed by atoms with Crippen LogP contribution in [0.5, 0.6) is 17.2 Å². The number of carbonyl (C=O) groups is 1. The fourth-order valence-corrected chi connectivity index (χ4v) is 7.82. The Morgan fingerprint density at radius 1 is 1.21 bits per heavy atom. The van der Waals surface area contributed by atoms with Gasteiger partial charge in [-0.05, 0) is 31.4 Å². The summed E-state index contributed by atoms with van der Waals surface area (Å²) in [5.74, 6) is -2.48. The van der Waals surface area contributed by atoms with Crippen molar-refractivity contribution >= 4 is 48.4 Å². The summed E-state index contributed by atoms with van der Waals surface area (Å²) in [6.07, 6.45) is 0.296. The molecule has 3 heterocycles. The zero-order valence-corrected chi connectivity index (χ0v) is 22.0. The van der Waals surface area contributed by atoms with Crippen molar-refractivity contribution in [3.05, 3.63) is 28.3 Å². The molecule has 34 heavy (non-hydrogen) atoms. The van der Waals surface area contributed by atoms with E-state index in [9.17, 15) is 15.0 Å². The Balaban J connectivity index is 1.72. The highest BCUT2D eigenvalue weighted by atomic mass is 79.9. The van der Waals surface area contributed by atoms with Gasteiger partial charge in [0.1, 0.15) is 23.4 Å². The number of fused-ring (bicyclic) bond motifs is 6. The summed E-state index contributed by atoms with van der Waals surface area (Å²) in [4.78, 5) is 12.9. The molecule has 2 aromatic carbocycles. The highest BCUT2D eigenvalue weighted by Crippen LogP contribution is 2.67. The molecule has 1 aliphatic carbocycles. The van der Waals surface area contributed by atoms with Gasteiger partial charge in [0.2, 0.25) is 5.79 Å². The number of aliphatic hydroxyl groups is 1. The van der Waals surface area contributed by atoms with E-state index in [2.05, 4.69) is 31.9 Å². The van der Waals surface area contributed by atoms with Crippen LogP contribution in [0.1, 0.15) is 46.0 Å². The van der Waals surface area contributed by atoms with Gasteiger partial charge in [0.25, 0.3) is 5.79 Å². The molecule has 0 amide bonds. The summed E-state index contributed by atoms with van der Waals surface area (Å²) < 4.78 is 30.9. The number of halogens is 2. The molecule has 2 saturated heterocycles. The Kier molecular flexibility index (Phi) is 4.94. The van der Waals surface area contributed by atoms with E-state index in [0.717, 1.165) is 5.56 Å². The topological polar surface area (TPSA) is 104 Å². The molecule has 2 N–H and O–H groups in total. The quantitative estimate of drug-likeness (QED) is 0.512. The molecule has 0 spiro atoms. The second-order valence-corrected chi connectivity index (χ2v) is 10.4. The van der Waals surface area contributed by atoms with E-state index in [1.165, 1.54) is 7.11 Å². The number of phenols is 1. The SMILES string of the molecule is COc1c2c(c(O)c3c4c(c(C)cc13)C1OC3(CBr)OC1[C@@](OC)(O4)[C@@]3(O)CBr)C(=O)CCC2. The highest BCUT2D eigenvalue weighted by molar-refractivity contribution is 9.09. The van der Waals surface area contributed by atoms with E-state index in [-0.39, 0.29) is 27.8 Å². The molecule has 5 atom stereocenters. The second-order valence-electron chi connectivity index (χ2n) is 9.30. The third-order valence-corrected chi connectivity index (χ3v) is 9.39. The fraction of sp³-hybridized carbons (Fsp3) is 0.542. The molecule has 10 heteroatoms. The van der Waals surface area contributed by atoms with Gasteiger partial charge in [-0.2, -0.15) is 0 Å². The highest BCUT2D eigenvalue weighted by Gasteiger charge is 2.84. The van der Waals surface area contributed by atoms with Crippen molar-refractivity contribution in [2.75, 3.05) is 24.9 Å². The normalized spacial score (nSPS) is 35.3. The average molecular weight is 600 g/mol. The summed E-state index contributed by atoms with van der Waals surface area (Å²) in [7, 11) is 3.01. The number of rotatable bonds is 4. The van der Waals surface area contributed by atoms with E-state index < -0.39 is 29.4 Å². The first-order chi connectivity index (χ1) is 16.2. The van der Waals surface area contributed by atoms with Gasteiger partial charge in [0.15, 0.2) is 17.5 Å². The van der Waals surface area contributed by atoms with Crippen molar-refractivity contribution in [2.24, 2.45) is 0 Å². The van der Waals surface area contributed by atoms with Gasteiger partial charge >= 0.3 is 0 Å². The molecule has 0 radical (unpaired) electrons. The minimum Gasteiger partial charge on any atom is -0.506 e. The number of hydrogen-bond donors (Lipinski definition) is 2. The van der Waals surface area contributed by atoms with Crippen molar-refractivity contribution < 1.29 is 38.7 Å². The molecule has 3 unspecified atom stereocenters. The van der Waals surface area contributed by atoms with Crippen LogP contribution < -0.4 is 9.47 Å². The van der Waals surface area contributed by atoms with E-state index in [1.54, 1.807) is 7.11 Å². The number of alkyl halides is 2. The predicted octanol–water partition coefficient (Wildman–Crippen LogP) is 3.80. The molecular formula is C24H24Br2O8. The number of carbonyl (C=O) groups excluding carboxylic acids is 1. The predicted molar refractivity (Wildman–Crippen MR) is 129 cm³/mol. The van der Waals surface area contributed by atoms with Crippen LogP contribution in [-0.4, -0.2) is 64.2 Å². The van der Waals surface area contributed by atoms with E-state index in [0.29, 0.717) is 52.7 Å². The second kappa shape index (κ2) is 7.30. The van der Waals surface area contributed by atoms with Gasteiger partial charge in [-0.1, -0.05) is 31.9 Å². The van der Waals surface area contributed by atoms with Crippen LogP contribution in [-0.2, 0) is 20.6 Å². The van der Waals surface area contributed by atoms with Crippen LogP contribution in [0.3, 0.4) is 0 Å². The molecule has 2 bridgehead atoms. The number of ether oxygens (including phenoxy) is 5. The first-order valence-electron chi connectivity index (χ1n) is 11.1. The lowest BCUT2D eigenvalue weighted by atomic mass is 9.77. The molecular weight excluding hydrogens is 576 g/mol. The molecule has 4 aliphatic rings. The Morgan fingerprint density at radius 3 is 2.62 bits per heavy atom. The summed E-state index contributed by atoms with van der Waals surface area (Å²) in [5, 5.41) is 24.5. The van der Waals surface area contributed by atoms with Crippen LogP contribution in [0.25, 0.3) is 10.8 Å². The van der Waals surface area contributed by atoms with E-state index in [4.69, 9.17) is 23.7 Å². The molecule has 182 valence electrons. The lowest BCUT2D eigenvalue weighted by molar-refractivity contribution is -0.339. The Bertz CT molecular complexity index is 1260. The summed E-state index contributed by atoms with van der Waals surface area (Å²) in [5.41, 5.74) is 0.779. The van der Waals surface area contributed by atoms with Crippen molar-refractivity contribution in [1.29, 1.82) is 0 Å². The van der Waals surface area contributed by atoms with Gasteiger partial charge in [0.05, 0.1) is 23.4 Å². The maximum Gasteiger partial charge on any atom is 0.275 e. The number of methoxy groups -OCH3 is 2. The summed E-state index contributed by atoms with van der Waals surface area (Å²) >= 11 is 6.84. The van der Waals surface area contributed by atoms with Crippen molar-refractivity contribution in [3.63, 3.8) is 0 Å². The number of benzene rings is 2. The first kappa shape index (κ1) is 23.0. The molecule has 0 saturated carbocycles. The minimum absolute atomic E-state index is 0.0466. The monoisotopic (exact) mass is 598 g/mol. The maximum atomic E-state index is 12.9. The van der Waals surface area contributed by atoms with Crippen LogP contribution in [0.15, 0.2) is 6.07 Å². The van der Waals surface area contributed by atoms with Crippen LogP contribution in [0.4, 0.5) is 0 Å². The smallest absolute Gasteiger partial charge is 0.275 e. The lowest BCUT2D eigenvalue weighted by Gasteiger charge is -2.53. The molecule has 0 aromatic heterocycles. The Morgan fingerprint density at radius 2 is 1.97 bits per heavy atom. The van der Waals surface area contributed by atoms with Gasteiger partial charge in [-0.3, -0.25) is 4.79 Å². The van der Waals surface area contributed by atoms with Crippen molar-refractivity contribution in [3.8, 4) is 17.2 Å². The standard InChI is InChI=1S/C24H24Br2O8/c1-10-7-12-16(17(28)15-11(18(12)30-2)5-4-6-13(15)27)19-14(10)20-21-24(31-3,33-19)22(29,8-25)23(9-26,32-20)34-21/h7,20-21,28-29H,4-6,8-9H2,1-3H3/t20?,21?,22-,23?,24-/m1/s1. The zero-order valence-electron chi connectivity index (χ0n) is 18.9. The zero-order chi connectivity index (χ0) is 24.2. The number of aryl methyl sites for hydroxylation is 1. The maximum absolute atomic E-state index is 12.9. The number of aromatic hydroxyl groups is 1. The lowest BCUT2D eigenvalue weighted by Crippen LogP contribution is -2.74. The third kappa shape index (κ3) is 2.35. The average Bonchev–Trinajstić information content (AvgIpc) is 3.33. The molecule has 6 rings (SSSR count). The Hall–Kier alpha value is -1.43. The fourth-order valence-electron chi connectivity index (χ4n) is 6.28. The third-order valence-electron chi connectivity index (χ3n) is 7.84. The van der Waals surface area contributed by atoms with Crippen LogP contribution >= 0.6 is 31.9 Å². The molecule has 8 nitrogen and oxygen atoms in total. The van der Waals surface area contributed by atoms with Gasteiger partial charge in [-0.15, -0.1) is 0 Å². The Labute approximate surface area is 212 Å². The van der Waals surface area contributed by atoms with Crippen molar-refractivity contribution in [1.82, 2.24) is 0 Å². The van der Waals surface area contributed by atoms with Gasteiger partial charge < -0.3 is 33.9 Å². The number of phenolic OH excluding ortho intramolecular Hbond substituents is 1. The molecule has 2 fully saturated rings. The van der Waals surface area contributed by atoms with E-state index >= 15 is 0 Å². The largest absolute Gasteiger partial charge is 0.506 e. The van der Waals surface area contributed by atoms with Crippen LogP contribution in [0, 0.1) is 6.92 Å². The molecule has 3 aliphatic heterocycles. The van der Waals surface area contributed by atoms with Crippen LogP contribution in [0.2, 0.25) is 0 Å². The van der Waals surface area contributed by atoms with Gasteiger partial charge in [0, 0.05) is 35.4 Å². The summed E-state index contributed by atoms with van der Waals surface area (Å²) in [6.45, 7) is 1.93. The number of Topliss-reactive ketones (excluding diaryl/α,β-unsaturated/α-hetero) is 1. The van der Waals surface area contributed by atoms with E-state index in [1.807, 2.05) is 13.0 Å². The van der Waals surface area contributed by atoms with Gasteiger partial charge in [-0.25, -0.2) is 0 Å². The number of ketones is 1. The first-order valence-corrected chi connectivity index (χ1v) is 13.3. The summed E-state index contributed by atoms with van der Waals surface area (Å²) in [6, 6.07) is 1.92. The van der Waals surface area contributed by atoms with Crippen molar-refractivity contribution in [2.45, 2.75) is 55.6 Å². The minimum atomic E-state index is -1.73.